The second kappa shape index (κ2) is 7.04. The van der Waals surface area contributed by atoms with Gasteiger partial charge >= 0.3 is 0 Å². The van der Waals surface area contributed by atoms with Crippen molar-refractivity contribution in [2.75, 3.05) is 6.61 Å². The van der Waals surface area contributed by atoms with E-state index in [2.05, 4.69) is 4.90 Å². The van der Waals surface area contributed by atoms with Crippen LogP contribution >= 0.6 is 23.2 Å². The van der Waals surface area contributed by atoms with Crippen LogP contribution in [0, 0.1) is 0 Å². The van der Waals surface area contributed by atoms with Crippen LogP contribution in [-0.4, -0.2) is 17.9 Å². The third-order valence-corrected chi connectivity index (χ3v) is 4.32. The van der Waals surface area contributed by atoms with Crippen LogP contribution in [0.15, 0.2) is 36.4 Å². The summed E-state index contributed by atoms with van der Waals surface area (Å²) in [4.78, 5) is 2.23. The fraction of sp³-hybridized carbons (Fsp3) is 0.294. The maximum absolute atomic E-state index is 12.3. The molecule has 0 spiro atoms. The van der Waals surface area contributed by atoms with E-state index < -0.39 is 13.0 Å². The maximum Gasteiger partial charge on any atom is 0.272 e. The predicted octanol–water partition coefficient (Wildman–Crippen LogP) is 5.15. The molecule has 0 aliphatic carbocycles. The van der Waals surface area contributed by atoms with Gasteiger partial charge in [-0.25, -0.2) is 8.78 Å². The number of hydrogen-bond acceptors (Lipinski definition) is 2. The number of nitrogens with zero attached hydrogens (tertiary/aromatic N) is 1. The van der Waals surface area contributed by atoms with E-state index >= 15 is 0 Å². The van der Waals surface area contributed by atoms with Crippen molar-refractivity contribution in [2.24, 2.45) is 0 Å². The number of alkyl halides is 2. The zero-order chi connectivity index (χ0) is 16.4. The Bertz CT molecular complexity index is 692. The highest BCUT2D eigenvalue weighted by atomic mass is 35.5. The Morgan fingerprint density at radius 1 is 1.09 bits per heavy atom. The molecular weight excluding hydrogens is 343 g/mol. The highest BCUT2D eigenvalue weighted by Crippen LogP contribution is 2.34. The van der Waals surface area contributed by atoms with Gasteiger partial charge in [-0.2, -0.15) is 0 Å². The average molecular weight is 358 g/mol. The van der Waals surface area contributed by atoms with Gasteiger partial charge < -0.3 is 4.74 Å². The third-order valence-electron chi connectivity index (χ3n) is 3.73. The molecule has 1 heterocycles. The number of ether oxygens (including phenoxy) is 1. The lowest BCUT2D eigenvalue weighted by Crippen LogP contribution is -2.15. The molecule has 1 aliphatic heterocycles. The van der Waals surface area contributed by atoms with Gasteiger partial charge in [-0.3, -0.25) is 4.90 Å². The van der Waals surface area contributed by atoms with E-state index in [9.17, 15) is 8.78 Å². The van der Waals surface area contributed by atoms with Crippen LogP contribution in [0.25, 0.3) is 0 Å². The van der Waals surface area contributed by atoms with E-state index in [1.54, 1.807) is 12.1 Å². The number of rotatable bonds is 5. The van der Waals surface area contributed by atoms with Gasteiger partial charge in [0.15, 0.2) is 0 Å². The van der Waals surface area contributed by atoms with Crippen molar-refractivity contribution in [1.29, 1.82) is 0 Å². The first kappa shape index (κ1) is 16.5. The molecule has 0 N–H and O–H groups in total. The molecule has 0 saturated heterocycles. The second-order valence-electron chi connectivity index (χ2n) is 5.52. The lowest BCUT2D eigenvalue weighted by Gasteiger charge is -2.14. The normalized spacial score (nSPS) is 14.3. The van der Waals surface area contributed by atoms with Gasteiger partial charge in [0.1, 0.15) is 12.4 Å². The lowest BCUT2D eigenvalue weighted by molar-refractivity contribution is 0.0818. The van der Waals surface area contributed by atoms with Gasteiger partial charge in [-0.15, -0.1) is 0 Å². The third kappa shape index (κ3) is 4.14. The summed E-state index contributed by atoms with van der Waals surface area (Å²) in [5, 5.41) is 1.27. The number of fused-ring (bicyclic) bond motifs is 1. The highest BCUT2D eigenvalue weighted by molar-refractivity contribution is 6.31. The molecule has 122 valence electrons. The molecule has 0 bridgehead atoms. The smallest absolute Gasteiger partial charge is 0.272 e. The molecule has 0 saturated carbocycles. The molecule has 2 nitrogen and oxygen atoms in total. The van der Waals surface area contributed by atoms with Crippen LogP contribution in [0.1, 0.15) is 16.7 Å². The second-order valence-corrected chi connectivity index (χ2v) is 6.36. The molecule has 2 aromatic carbocycles. The first-order valence-electron chi connectivity index (χ1n) is 7.20. The number of benzene rings is 2. The summed E-state index contributed by atoms with van der Waals surface area (Å²) in [5.74, 6) is 0.391. The molecule has 0 aromatic heterocycles. The van der Waals surface area contributed by atoms with Gasteiger partial charge in [-0.05, 0) is 41.0 Å². The summed E-state index contributed by atoms with van der Waals surface area (Å²) in [6, 6.07) is 11.1. The summed E-state index contributed by atoms with van der Waals surface area (Å²) < 4.78 is 29.6. The maximum atomic E-state index is 12.3. The van der Waals surface area contributed by atoms with Gasteiger partial charge in [0.05, 0.1) is 0 Å². The summed E-state index contributed by atoms with van der Waals surface area (Å²) in [7, 11) is 0. The molecular formula is C17H15Cl2F2NO. The van der Waals surface area contributed by atoms with Crippen molar-refractivity contribution >= 4 is 23.2 Å². The SMILES string of the molecule is FC(F)COc1cc(Cl)c2c(c1)CN(Cc1ccc(Cl)cc1)C2. The minimum absolute atomic E-state index is 0.391. The summed E-state index contributed by atoms with van der Waals surface area (Å²) in [6.45, 7) is 1.59. The van der Waals surface area contributed by atoms with Crippen LogP contribution in [0.4, 0.5) is 8.78 Å². The van der Waals surface area contributed by atoms with Crippen molar-refractivity contribution < 1.29 is 13.5 Å². The molecule has 0 unspecified atom stereocenters. The van der Waals surface area contributed by atoms with Crippen molar-refractivity contribution in [3.8, 4) is 5.75 Å². The molecule has 0 amide bonds. The Hall–Kier alpha value is -1.36. The highest BCUT2D eigenvalue weighted by Gasteiger charge is 2.22. The van der Waals surface area contributed by atoms with Crippen molar-refractivity contribution in [1.82, 2.24) is 4.90 Å². The van der Waals surface area contributed by atoms with E-state index in [-0.39, 0.29) is 0 Å². The van der Waals surface area contributed by atoms with Crippen LogP contribution in [-0.2, 0) is 19.6 Å². The molecule has 6 heteroatoms. The van der Waals surface area contributed by atoms with Gasteiger partial charge in [0.25, 0.3) is 6.43 Å². The Labute approximate surface area is 143 Å². The Kier molecular flexibility index (Phi) is 5.05. The molecule has 2 aromatic rings. The van der Waals surface area contributed by atoms with Gasteiger partial charge in [-0.1, -0.05) is 35.3 Å². The molecule has 0 radical (unpaired) electrons. The van der Waals surface area contributed by atoms with Gasteiger partial charge in [0.2, 0.25) is 0 Å². The van der Waals surface area contributed by atoms with E-state index in [1.807, 2.05) is 24.3 Å². The van der Waals surface area contributed by atoms with E-state index in [0.717, 1.165) is 29.8 Å². The number of halogens is 4. The predicted molar refractivity (Wildman–Crippen MR) is 87.4 cm³/mol. The standard InChI is InChI=1S/C17H15Cl2F2NO/c18-13-3-1-11(2-4-13)7-22-8-12-5-14(23-10-17(20)21)6-16(19)15(12)9-22/h1-6,17H,7-10H2. The van der Waals surface area contributed by atoms with Crippen LogP contribution in [0.2, 0.25) is 10.0 Å². The summed E-state index contributed by atoms with van der Waals surface area (Å²) in [6.07, 6.45) is -2.50. The average Bonchev–Trinajstić information content (AvgIpc) is 2.91. The summed E-state index contributed by atoms with van der Waals surface area (Å²) in [5.41, 5.74) is 3.22. The fourth-order valence-electron chi connectivity index (χ4n) is 2.71. The lowest BCUT2D eigenvalue weighted by atomic mass is 10.1. The summed E-state index contributed by atoms with van der Waals surface area (Å²) >= 11 is 12.2. The molecule has 23 heavy (non-hydrogen) atoms. The Morgan fingerprint density at radius 2 is 1.83 bits per heavy atom. The molecule has 0 atom stereocenters. The quantitative estimate of drug-likeness (QED) is 0.733. The van der Waals surface area contributed by atoms with Gasteiger partial charge in [0, 0.05) is 29.7 Å². The van der Waals surface area contributed by atoms with E-state index in [1.165, 1.54) is 0 Å². The van der Waals surface area contributed by atoms with Crippen molar-refractivity contribution in [2.45, 2.75) is 26.1 Å². The Morgan fingerprint density at radius 3 is 2.52 bits per heavy atom. The number of hydrogen-bond donors (Lipinski definition) is 0. The minimum atomic E-state index is -2.50. The topological polar surface area (TPSA) is 12.5 Å². The van der Waals surface area contributed by atoms with E-state index in [4.69, 9.17) is 27.9 Å². The molecule has 1 aliphatic rings. The monoisotopic (exact) mass is 357 g/mol. The van der Waals surface area contributed by atoms with Crippen molar-refractivity contribution in [3.63, 3.8) is 0 Å². The molecule has 3 rings (SSSR count). The fourth-order valence-corrected chi connectivity index (χ4v) is 3.12. The Balaban J connectivity index is 1.70. The first-order valence-corrected chi connectivity index (χ1v) is 7.96. The van der Waals surface area contributed by atoms with E-state index in [0.29, 0.717) is 22.3 Å². The largest absolute Gasteiger partial charge is 0.488 e. The van der Waals surface area contributed by atoms with Crippen LogP contribution < -0.4 is 4.74 Å². The zero-order valence-corrected chi connectivity index (χ0v) is 13.7. The molecule has 0 fully saturated rings. The van der Waals surface area contributed by atoms with Crippen LogP contribution in [0.3, 0.4) is 0 Å². The van der Waals surface area contributed by atoms with Crippen molar-refractivity contribution in [3.05, 3.63) is 63.1 Å². The minimum Gasteiger partial charge on any atom is -0.488 e. The first-order chi connectivity index (χ1) is 11.0. The van der Waals surface area contributed by atoms with Crippen LogP contribution in [0.5, 0.6) is 5.75 Å². The zero-order valence-electron chi connectivity index (χ0n) is 12.2.